The summed E-state index contributed by atoms with van der Waals surface area (Å²) in [6.45, 7) is 14.2. The van der Waals surface area contributed by atoms with E-state index in [1.54, 1.807) is 0 Å². The Bertz CT molecular complexity index is 726. The predicted molar refractivity (Wildman–Crippen MR) is 136 cm³/mol. The van der Waals surface area contributed by atoms with Crippen LogP contribution in [0.15, 0.2) is 11.6 Å². The van der Waals surface area contributed by atoms with Crippen molar-refractivity contribution >= 4 is 0 Å². The number of nitrogens with zero attached hydrogens (tertiary/aromatic N) is 1. The van der Waals surface area contributed by atoms with Gasteiger partial charge in [0.2, 0.25) is 0 Å². The van der Waals surface area contributed by atoms with Crippen molar-refractivity contribution in [2.24, 2.45) is 58.0 Å². The third kappa shape index (κ3) is 3.57. The second kappa shape index (κ2) is 8.40. The molecule has 0 amide bonds. The van der Waals surface area contributed by atoms with Crippen LogP contribution < -0.4 is 5.73 Å². The van der Waals surface area contributed by atoms with E-state index < -0.39 is 0 Å². The molecule has 0 aromatic carbocycles. The summed E-state index contributed by atoms with van der Waals surface area (Å²) < 4.78 is 0. The normalized spacial score (nSPS) is 50.0. The van der Waals surface area contributed by atoms with Gasteiger partial charge in [-0.25, -0.2) is 0 Å². The van der Waals surface area contributed by atoms with E-state index in [-0.39, 0.29) is 0 Å². The molecule has 4 aliphatic carbocycles. The average molecular weight is 441 g/mol. The quantitative estimate of drug-likeness (QED) is 0.482. The lowest BCUT2D eigenvalue weighted by molar-refractivity contribution is -0.0135. The van der Waals surface area contributed by atoms with Gasteiger partial charge in [-0.1, -0.05) is 46.3 Å². The molecule has 0 aromatic heterocycles. The molecule has 5 aliphatic rings. The molecule has 32 heavy (non-hydrogen) atoms. The van der Waals surface area contributed by atoms with Gasteiger partial charge in [0.15, 0.2) is 0 Å². The number of fused-ring (bicyclic) bond motifs is 5. The van der Waals surface area contributed by atoms with Crippen molar-refractivity contribution in [2.45, 2.75) is 111 Å². The lowest BCUT2D eigenvalue weighted by atomic mass is 9.47. The molecule has 2 N–H and O–H groups in total. The zero-order chi connectivity index (χ0) is 22.8. The van der Waals surface area contributed by atoms with Gasteiger partial charge in [0, 0.05) is 12.1 Å². The minimum absolute atomic E-state index is 0.456. The van der Waals surface area contributed by atoms with E-state index in [4.69, 9.17) is 5.73 Å². The van der Waals surface area contributed by atoms with Crippen LogP contribution in [0.25, 0.3) is 0 Å². The van der Waals surface area contributed by atoms with Crippen LogP contribution in [0.3, 0.4) is 0 Å². The van der Waals surface area contributed by atoms with Crippen molar-refractivity contribution in [3.05, 3.63) is 11.6 Å². The number of hydrogen-bond donors (Lipinski definition) is 1. The van der Waals surface area contributed by atoms with Gasteiger partial charge < -0.3 is 10.6 Å². The van der Waals surface area contributed by atoms with E-state index in [1.807, 2.05) is 5.57 Å². The van der Waals surface area contributed by atoms with Gasteiger partial charge in [0.05, 0.1) is 0 Å². The maximum absolute atomic E-state index is 6.41. The first-order chi connectivity index (χ1) is 15.1. The van der Waals surface area contributed by atoms with Crippen molar-refractivity contribution in [3.8, 4) is 0 Å². The van der Waals surface area contributed by atoms with Gasteiger partial charge in [0.1, 0.15) is 0 Å². The van der Waals surface area contributed by atoms with Crippen LogP contribution in [0, 0.1) is 52.3 Å². The Morgan fingerprint density at radius 2 is 1.72 bits per heavy atom. The van der Waals surface area contributed by atoms with E-state index in [2.05, 4.69) is 52.6 Å². The van der Waals surface area contributed by atoms with Crippen LogP contribution in [0.2, 0.25) is 0 Å². The maximum Gasteiger partial charge on any atom is 0.0126 e. The molecule has 0 bridgehead atoms. The topological polar surface area (TPSA) is 29.3 Å². The predicted octanol–water partition coefficient (Wildman–Crippen LogP) is 6.90. The first-order valence-electron chi connectivity index (χ1n) is 14.3. The van der Waals surface area contributed by atoms with Gasteiger partial charge in [0.25, 0.3) is 0 Å². The highest BCUT2D eigenvalue weighted by Gasteiger charge is 2.58. The zero-order valence-corrected chi connectivity index (χ0v) is 22.1. The molecule has 2 unspecified atom stereocenters. The molecule has 3 saturated carbocycles. The Balaban J connectivity index is 1.34. The van der Waals surface area contributed by atoms with Crippen molar-refractivity contribution < 1.29 is 0 Å². The van der Waals surface area contributed by atoms with E-state index >= 15 is 0 Å². The highest BCUT2D eigenvalue weighted by Crippen LogP contribution is 2.67. The monoisotopic (exact) mass is 440 g/mol. The average Bonchev–Trinajstić information content (AvgIpc) is 3.28. The smallest absolute Gasteiger partial charge is 0.0126 e. The van der Waals surface area contributed by atoms with E-state index in [0.717, 1.165) is 47.5 Å². The standard InChI is InChI=1S/C30H52N2/c1-19(2)23-13-16-32(6)28(23)17-20(3)25-9-10-26-24-8-7-21-18-22(31)11-14-29(21,4)27(24)12-15-30(25,26)5/h8,19-23,25-28H,7,9-18,31H2,1-6H3/t20-,21+,22-,23?,25-,26+,27+,28?,29+,30-/m1/s1. The highest BCUT2D eigenvalue weighted by molar-refractivity contribution is 5.28. The summed E-state index contributed by atoms with van der Waals surface area (Å²) in [5.74, 6) is 6.06. The summed E-state index contributed by atoms with van der Waals surface area (Å²) in [7, 11) is 2.39. The summed E-state index contributed by atoms with van der Waals surface area (Å²) in [6.07, 6.45) is 16.6. The van der Waals surface area contributed by atoms with Crippen LogP contribution in [0.4, 0.5) is 0 Å². The second-order valence-electron chi connectivity index (χ2n) is 14.0. The maximum atomic E-state index is 6.41. The molecule has 2 heteroatoms. The Kier molecular flexibility index (Phi) is 6.14. The van der Waals surface area contributed by atoms with Crippen LogP contribution in [-0.4, -0.2) is 30.6 Å². The van der Waals surface area contributed by atoms with Gasteiger partial charge in [-0.15, -0.1) is 0 Å². The second-order valence-corrected chi connectivity index (χ2v) is 14.0. The number of hydrogen-bond acceptors (Lipinski definition) is 2. The molecule has 0 aromatic rings. The molecule has 10 atom stereocenters. The minimum atomic E-state index is 0.456. The highest BCUT2D eigenvalue weighted by atomic mass is 15.2. The lowest BCUT2D eigenvalue weighted by Gasteiger charge is -2.58. The Hall–Kier alpha value is -0.340. The van der Waals surface area contributed by atoms with E-state index in [0.29, 0.717) is 16.9 Å². The lowest BCUT2D eigenvalue weighted by Crippen LogP contribution is -2.51. The third-order valence-electron chi connectivity index (χ3n) is 12.2. The number of likely N-dealkylation sites (tertiary alicyclic amines) is 1. The molecule has 4 fully saturated rings. The fourth-order valence-electron chi connectivity index (χ4n) is 10.2. The minimum Gasteiger partial charge on any atom is -0.328 e. The van der Waals surface area contributed by atoms with Gasteiger partial charge in [-0.3, -0.25) is 0 Å². The largest absolute Gasteiger partial charge is 0.328 e. The SMILES string of the molecule is CC(C)C1CCN(C)C1C[C@@H](C)[C@H]1CC[C@H]2C3=CC[C@H]4C[C@H](N)CC[C@]4(C)[C@H]3CC[C@]12C. The number of allylic oxidation sites excluding steroid dienone is 2. The van der Waals surface area contributed by atoms with Crippen molar-refractivity contribution in [3.63, 3.8) is 0 Å². The number of nitrogens with two attached hydrogens (primary N) is 1. The van der Waals surface area contributed by atoms with Crippen molar-refractivity contribution in [1.29, 1.82) is 0 Å². The van der Waals surface area contributed by atoms with Crippen LogP contribution in [0.5, 0.6) is 0 Å². The fraction of sp³-hybridized carbons (Fsp3) is 0.933. The van der Waals surface area contributed by atoms with Gasteiger partial charge in [-0.05, 0) is 130 Å². The Labute approximate surface area is 199 Å². The molecule has 0 radical (unpaired) electrons. The van der Waals surface area contributed by atoms with E-state index in [9.17, 15) is 0 Å². The van der Waals surface area contributed by atoms with Crippen LogP contribution in [0.1, 0.15) is 98.8 Å². The van der Waals surface area contributed by atoms with Crippen LogP contribution >= 0.6 is 0 Å². The van der Waals surface area contributed by atoms with Crippen LogP contribution in [-0.2, 0) is 0 Å². The zero-order valence-electron chi connectivity index (χ0n) is 22.1. The molecule has 0 spiro atoms. The summed E-state index contributed by atoms with van der Waals surface area (Å²) in [6, 6.07) is 1.26. The first-order valence-corrected chi connectivity index (χ1v) is 14.3. The summed E-state index contributed by atoms with van der Waals surface area (Å²) >= 11 is 0. The molecular weight excluding hydrogens is 388 g/mol. The molecule has 2 nitrogen and oxygen atoms in total. The molecule has 5 rings (SSSR count). The molecule has 1 aliphatic heterocycles. The summed E-state index contributed by atoms with van der Waals surface area (Å²) in [5.41, 5.74) is 9.40. The van der Waals surface area contributed by atoms with E-state index in [1.165, 1.54) is 70.8 Å². The first kappa shape index (κ1) is 23.4. The summed E-state index contributed by atoms with van der Waals surface area (Å²) in [4.78, 5) is 2.70. The molecule has 182 valence electrons. The molecule has 1 heterocycles. The van der Waals surface area contributed by atoms with Crippen molar-refractivity contribution in [2.75, 3.05) is 13.6 Å². The molecular formula is C30H52N2. The summed E-state index contributed by atoms with van der Waals surface area (Å²) in [5, 5.41) is 0. The Morgan fingerprint density at radius 1 is 1.00 bits per heavy atom. The van der Waals surface area contributed by atoms with Gasteiger partial charge in [-0.2, -0.15) is 0 Å². The number of rotatable bonds is 4. The van der Waals surface area contributed by atoms with Crippen molar-refractivity contribution in [1.82, 2.24) is 4.90 Å². The fourth-order valence-corrected chi connectivity index (χ4v) is 10.2. The Morgan fingerprint density at radius 3 is 2.47 bits per heavy atom. The molecule has 1 saturated heterocycles. The third-order valence-corrected chi connectivity index (χ3v) is 12.2. The van der Waals surface area contributed by atoms with Gasteiger partial charge >= 0.3 is 0 Å².